The molecule has 1 amide bonds. The molecule has 0 radical (unpaired) electrons. The molecular weight excluding hydrogens is 290 g/mol. The minimum atomic E-state index is -0.589. The summed E-state index contributed by atoms with van der Waals surface area (Å²) in [5.41, 5.74) is -0.115. The van der Waals surface area contributed by atoms with E-state index in [9.17, 15) is 13.6 Å². The predicted octanol–water partition coefficient (Wildman–Crippen LogP) is 3.14. The molecule has 1 aromatic carbocycles. The molecular formula is C16H22F2N2O2. The lowest BCUT2D eigenvalue weighted by molar-refractivity contribution is 0.0534. The molecule has 0 atom stereocenters. The molecule has 1 aromatic rings. The van der Waals surface area contributed by atoms with Crippen molar-refractivity contribution in [1.82, 2.24) is 10.6 Å². The quantitative estimate of drug-likeness (QED) is 0.627. The summed E-state index contributed by atoms with van der Waals surface area (Å²) in [6, 6.07) is 3.49. The van der Waals surface area contributed by atoms with Crippen LogP contribution in [0.15, 0.2) is 30.4 Å². The van der Waals surface area contributed by atoms with E-state index in [4.69, 9.17) is 4.74 Å². The van der Waals surface area contributed by atoms with Gasteiger partial charge in [0.05, 0.1) is 0 Å². The SMILES string of the molecule is CC(C)(C)OC(=O)NC/C=C/CNCc1ccc(F)cc1F. The first kappa shape index (κ1) is 18.1. The zero-order valence-corrected chi connectivity index (χ0v) is 13.1. The van der Waals surface area contributed by atoms with Gasteiger partial charge in [-0.2, -0.15) is 0 Å². The third-order valence-electron chi connectivity index (χ3n) is 2.52. The summed E-state index contributed by atoms with van der Waals surface area (Å²) in [6.07, 6.45) is 3.09. The van der Waals surface area contributed by atoms with Crippen molar-refractivity contribution in [3.05, 3.63) is 47.5 Å². The number of rotatable bonds is 6. The van der Waals surface area contributed by atoms with Crippen LogP contribution in [0.2, 0.25) is 0 Å². The van der Waals surface area contributed by atoms with E-state index in [-0.39, 0.29) is 0 Å². The molecule has 0 bridgehead atoms. The molecule has 0 unspecified atom stereocenters. The maximum absolute atomic E-state index is 13.3. The van der Waals surface area contributed by atoms with Crippen LogP contribution in [0.1, 0.15) is 26.3 Å². The topological polar surface area (TPSA) is 50.4 Å². The first-order valence-corrected chi connectivity index (χ1v) is 7.04. The van der Waals surface area contributed by atoms with E-state index in [1.807, 2.05) is 0 Å². The molecule has 0 aliphatic rings. The molecule has 6 heteroatoms. The lowest BCUT2D eigenvalue weighted by Gasteiger charge is -2.19. The number of amides is 1. The summed E-state index contributed by atoms with van der Waals surface area (Å²) in [4.78, 5) is 11.3. The van der Waals surface area contributed by atoms with Gasteiger partial charge in [-0.05, 0) is 26.8 Å². The molecule has 0 spiro atoms. The van der Waals surface area contributed by atoms with Gasteiger partial charge in [-0.15, -0.1) is 0 Å². The van der Waals surface area contributed by atoms with Crippen LogP contribution in [-0.2, 0) is 11.3 Å². The van der Waals surface area contributed by atoms with Gasteiger partial charge >= 0.3 is 6.09 Å². The summed E-state index contributed by atoms with van der Waals surface area (Å²) in [6.45, 7) is 6.53. The second-order valence-corrected chi connectivity index (χ2v) is 5.72. The number of halogens is 2. The molecule has 4 nitrogen and oxygen atoms in total. The Morgan fingerprint density at radius 3 is 2.55 bits per heavy atom. The third kappa shape index (κ3) is 7.73. The maximum atomic E-state index is 13.3. The Labute approximate surface area is 129 Å². The Morgan fingerprint density at radius 2 is 1.91 bits per heavy atom. The zero-order valence-electron chi connectivity index (χ0n) is 13.1. The second kappa shape index (κ2) is 8.48. The Bertz CT molecular complexity index is 525. The first-order valence-electron chi connectivity index (χ1n) is 7.04. The zero-order chi connectivity index (χ0) is 16.6. The van der Waals surface area contributed by atoms with Crippen LogP contribution >= 0.6 is 0 Å². The third-order valence-corrected chi connectivity index (χ3v) is 2.52. The number of carbonyl (C=O) groups is 1. The van der Waals surface area contributed by atoms with E-state index in [2.05, 4.69) is 10.6 Å². The van der Waals surface area contributed by atoms with Gasteiger partial charge in [-0.3, -0.25) is 0 Å². The van der Waals surface area contributed by atoms with Crippen LogP contribution < -0.4 is 10.6 Å². The van der Waals surface area contributed by atoms with Crippen LogP contribution in [0.5, 0.6) is 0 Å². The van der Waals surface area contributed by atoms with Gasteiger partial charge in [0, 0.05) is 31.3 Å². The summed E-state index contributed by atoms with van der Waals surface area (Å²) >= 11 is 0. The van der Waals surface area contributed by atoms with Gasteiger partial charge in [-0.1, -0.05) is 18.2 Å². The average Bonchev–Trinajstić information content (AvgIpc) is 2.37. The van der Waals surface area contributed by atoms with Gasteiger partial charge < -0.3 is 15.4 Å². The minimum absolute atomic E-state index is 0.302. The van der Waals surface area contributed by atoms with E-state index < -0.39 is 23.3 Å². The number of ether oxygens (including phenoxy) is 1. The number of hydrogen-bond acceptors (Lipinski definition) is 3. The first-order chi connectivity index (χ1) is 10.3. The highest BCUT2D eigenvalue weighted by atomic mass is 19.1. The Hall–Kier alpha value is -1.95. The van der Waals surface area contributed by atoms with Crippen molar-refractivity contribution >= 4 is 6.09 Å². The average molecular weight is 312 g/mol. The number of benzene rings is 1. The Kier molecular flexibility index (Phi) is 6.98. The van der Waals surface area contributed by atoms with Crippen molar-refractivity contribution in [3.63, 3.8) is 0 Å². The fraction of sp³-hybridized carbons (Fsp3) is 0.438. The predicted molar refractivity (Wildman–Crippen MR) is 81.4 cm³/mol. The van der Waals surface area contributed by atoms with Gasteiger partial charge in [0.1, 0.15) is 17.2 Å². The van der Waals surface area contributed by atoms with Crippen LogP contribution in [-0.4, -0.2) is 24.8 Å². The molecule has 22 heavy (non-hydrogen) atoms. The van der Waals surface area contributed by atoms with Crippen LogP contribution in [0.25, 0.3) is 0 Å². The minimum Gasteiger partial charge on any atom is -0.444 e. The normalized spacial score (nSPS) is 11.7. The maximum Gasteiger partial charge on any atom is 0.407 e. The molecule has 0 aliphatic heterocycles. The van der Waals surface area contributed by atoms with Gasteiger partial charge in [0.25, 0.3) is 0 Å². The molecule has 122 valence electrons. The van der Waals surface area contributed by atoms with Crippen molar-refractivity contribution in [2.24, 2.45) is 0 Å². The van der Waals surface area contributed by atoms with Crippen LogP contribution in [0, 0.1) is 11.6 Å². The van der Waals surface area contributed by atoms with Crippen LogP contribution in [0.3, 0.4) is 0 Å². The lowest BCUT2D eigenvalue weighted by atomic mass is 10.2. The summed E-state index contributed by atoms with van der Waals surface area (Å²) in [7, 11) is 0. The fourth-order valence-corrected chi connectivity index (χ4v) is 1.58. The molecule has 1 rings (SSSR count). The second-order valence-electron chi connectivity index (χ2n) is 5.72. The fourth-order valence-electron chi connectivity index (χ4n) is 1.58. The van der Waals surface area contributed by atoms with E-state index >= 15 is 0 Å². The molecule has 0 fully saturated rings. The molecule has 0 saturated heterocycles. The summed E-state index contributed by atoms with van der Waals surface area (Å²) in [5, 5.41) is 5.58. The standard InChI is InChI=1S/C16H22F2N2O2/c1-16(2,3)22-15(21)20-9-5-4-8-19-11-12-6-7-13(17)10-14(12)18/h4-7,10,19H,8-9,11H2,1-3H3,(H,20,21)/b5-4+. The van der Waals surface area contributed by atoms with E-state index in [0.29, 0.717) is 25.2 Å². The van der Waals surface area contributed by atoms with Gasteiger partial charge in [0.15, 0.2) is 0 Å². The smallest absolute Gasteiger partial charge is 0.407 e. The molecule has 0 saturated carbocycles. The van der Waals surface area contributed by atoms with Gasteiger partial charge in [-0.25, -0.2) is 13.6 Å². The largest absolute Gasteiger partial charge is 0.444 e. The van der Waals surface area contributed by atoms with Crippen molar-refractivity contribution in [1.29, 1.82) is 0 Å². The van der Waals surface area contributed by atoms with E-state index in [1.54, 1.807) is 32.9 Å². The molecule has 0 aromatic heterocycles. The number of alkyl carbamates (subject to hydrolysis) is 1. The van der Waals surface area contributed by atoms with E-state index in [1.165, 1.54) is 12.1 Å². The van der Waals surface area contributed by atoms with Crippen molar-refractivity contribution in [3.8, 4) is 0 Å². The number of nitrogens with one attached hydrogen (secondary N) is 2. The molecule has 2 N–H and O–H groups in total. The van der Waals surface area contributed by atoms with Crippen molar-refractivity contribution in [2.75, 3.05) is 13.1 Å². The Balaban J connectivity index is 2.18. The van der Waals surface area contributed by atoms with Crippen molar-refractivity contribution < 1.29 is 18.3 Å². The highest BCUT2D eigenvalue weighted by Crippen LogP contribution is 2.08. The molecule has 0 heterocycles. The van der Waals surface area contributed by atoms with E-state index in [0.717, 1.165) is 6.07 Å². The van der Waals surface area contributed by atoms with Gasteiger partial charge in [0.2, 0.25) is 0 Å². The van der Waals surface area contributed by atoms with Crippen molar-refractivity contribution in [2.45, 2.75) is 32.9 Å². The lowest BCUT2D eigenvalue weighted by Crippen LogP contribution is -2.32. The monoisotopic (exact) mass is 312 g/mol. The summed E-state index contributed by atoms with van der Waals surface area (Å²) in [5.74, 6) is -1.16. The Morgan fingerprint density at radius 1 is 1.23 bits per heavy atom. The summed E-state index contributed by atoms with van der Waals surface area (Å²) < 4.78 is 31.1. The highest BCUT2D eigenvalue weighted by molar-refractivity contribution is 5.67. The van der Waals surface area contributed by atoms with Crippen LogP contribution in [0.4, 0.5) is 13.6 Å². The number of carbonyl (C=O) groups excluding carboxylic acids is 1. The highest BCUT2D eigenvalue weighted by Gasteiger charge is 2.14. The number of hydrogen-bond donors (Lipinski definition) is 2. The molecule has 0 aliphatic carbocycles.